The van der Waals surface area contributed by atoms with Crippen LogP contribution in [-0.4, -0.2) is 29.9 Å². The number of hydrogen-bond acceptors (Lipinski definition) is 3. The molecular formula is C12H18BrNO2. The van der Waals surface area contributed by atoms with Crippen molar-refractivity contribution in [3.8, 4) is 0 Å². The number of benzene rings is 1. The Labute approximate surface area is 105 Å². The van der Waals surface area contributed by atoms with E-state index in [9.17, 15) is 5.11 Å². The Morgan fingerprint density at radius 2 is 2.00 bits per heavy atom. The minimum atomic E-state index is -0.482. The molecule has 1 aromatic carbocycles. The van der Waals surface area contributed by atoms with Crippen molar-refractivity contribution in [3.63, 3.8) is 0 Å². The zero-order valence-electron chi connectivity index (χ0n) is 9.81. The van der Waals surface area contributed by atoms with E-state index < -0.39 is 6.10 Å². The third kappa shape index (κ3) is 2.97. The molecule has 0 saturated heterocycles. The molecule has 0 amide bonds. The third-order valence-corrected chi connectivity index (χ3v) is 3.45. The zero-order chi connectivity index (χ0) is 12.3. The lowest BCUT2D eigenvalue weighted by Gasteiger charge is -2.26. The van der Waals surface area contributed by atoms with Crippen LogP contribution in [0.3, 0.4) is 0 Å². The number of halogens is 1. The molecule has 1 aromatic rings. The summed E-state index contributed by atoms with van der Waals surface area (Å²) in [6.45, 7) is 3.81. The van der Waals surface area contributed by atoms with Gasteiger partial charge in [0.05, 0.1) is 12.7 Å². The van der Waals surface area contributed by atoms with Crippen molar-refractivity contribution < 1.29 is 10.2 Å². The molecule has 2 atom stereocenters. The summed E-state index contributed by atoms with van der Waals surface area (Å²) in [6, 6.07) is 5.86. The maximum Gasteiger partial charge on any atom is 0.0772 e. The number of rotatable bonds is 4. The van der Waals surface area contributed by atoms with E-state index >= 15 is 0 Å². The van der Waals surface area contributed by atoms with Gasteiger partial charge in [0.15, 0.2) is 0 Å². The molecule has 16 heavy (non-hydrogen) atoms. The molecule has 0 spiro atoms. The highest BCUT2D eigenvalue weighted by Crippen LogP contribution is 2.28. The summed E-state index contributed by atoms with van der Waals surface area (Å²) in [4.78, 5) is 2.00. The van der Waals surface area contributed by atoms with E-state index in [0.717, 1.165) is 15.7 Å². The molecule has 0 aliphatic carbocycles. The van der Waals surface area contributed by atoms with E-state index in [0.29, 0.717) is 0 Å². The molecule has 0 saturated carbocycles. The van der Waals surface area contributed by atoms with Gasteiger partial charge in [-0.15, -0.1) is 0 Å². The van der Waals surface area contributed by atoms with Crippen LogP contribution in [0.15, 0.2) is 22.7 Å². The van der Waals surface area contributed by atoms with Crippen molar-refractivity contribution in [3.05, 3.63) is 28.2 Å². The van der Waals surface area contributed by atoms with Crippen LogP contribution in [0, 0.1) is 0 Å². The van der Waals surface area contributed by atoms with E-state index in [1.807, 2.05) is 37.1 Å². The predicted octanol–water partition coefficient (Wildman–Crippen LogP) is 2.32. The van der Waals surface area contributed by atoms with Crippen molar-refractivity contribution in [1.29, 1.82) is 0 Å². The summed E-state index contributed by atoms with van der Waals surface area (Å²) in [7, 11) is 1.94. The highest BCUT2D eigenvalue weighted by atomic mass is 79.9. The highest BCUT2D eigenvalue weighted by Gasteiger charge is 2.12. The Morgan fingerprint density at radius 1 is 1.38 bits per heavy atom. The number of hydrogen-bond donors (Lipinski definition) is 2. The monoisotopic (exact) mass is 287 g/mol. The first kappa shape index (κ1) is 13.5. The topological polar surface area (TPSA) is 43.7 Å². The van der Waals surface area contributed by atoms with Crippen molar-refractivity contribution in [2.45, 2.75) is 26.0 Å². The van der Waals surface area contributed by atoms with Crippen LogP contribution in [0.2, 0.25) is 0 Å². The Kier molecular flexibility index (Phi) is 4.77. The summed E-state index contributed by atoms with van der Waals surface area (Å²) in [5.74, 6) is 0. The Hall–Kier alpha value is -0.580. The minimum Gasteiger partial charge on any atom is -0.394 e. The van der Waals surface area contributed by atoms with Crippen LogP contribution >= 0.6 is 15.9 Å². The average Bonchev–Trinajstić information content (AvgIpc) is 2.26. The van der Waals surface area contributed by atoms with Gasteiger partial charge in [0.2, 0.25) is 0 Å². The molecule has 0 aliphatic rings. The molecule has 0 fully saturated rings. The second-order valence-corrected chi connectivity index (χ2v) is 4.88. The van der Waals surface area contributed by atoms with E-state index in [1.165, 1.54) is 0 Å². The molecule has 1 unspecified atom stereocenters. The number of aliphatic hydroxyl groups is 2. The second-order valence-electron chi connectivity index (χ2n) is 4.02. The average molecular weight is 288 g/mol. The first-order valence-corrected chi connectivity index (χ1v) is 6.08. The van der Waals surface area contributed by atoms with Gasteiger partial charge in [-0.2, -0.15) is 0 Å². The molecular weight excluding hydrogens is 270 g/mol. The summed E-state index contributed by atoms with van der Waals surface area (Å²) in [6.07, 6.45) is -0.482. The number of likely N-dealkylation sites (N-methyl/N-ethyl adjacent to an activating group) is 1. The Bertz CT molecular complexity index is 355. The standard InChI is InChI=1S/C12H18BrNO2/c1-8(7-15)14(3)10-4-5-11(9(2)16)12(13)6-10/h4-6,8-9,15-16H,7H2,1-3H3/t8?,9-/m1/s1. The van der Waals surface area contributed by atoms with Crippen molar-refractivity contribution in [2.24, 2.45) is 0 Å². The van der Waals surface area contributed by atoms with Gasteiger partial charge in [-0.05, 0) is 31.5 Å². The molecule has 0 radical (unpaired) electrons. The van der Waals surface area contributed by atoms with E-state index in [1.54, 1.807) is 6.92 Å². The highest BCUT2D eigenvalue weighted by molar-refractivity contribution is 9.10. The van der Waals surface area contributed by atoms with Gasteiger partial charge in [0.25, 0.3) is 0 Å². The van der Waals surface area contributed by atoms with Gasteiger partial charge in [-0.25, -0.2) is 0 Å². The van der Waals surface area contributed by atoms with Crippen LogP contribution in [0.5, 0.6) is 0 Å². The van der Waals surface area contributed by atoms with Gasteiger partial charge in [0, 0.05) is 23.2 Å². The van der Waals surface area contributed by atoms with Gasteiger partial charge >= 0.3 is 0 Å². The van der Waals surface area contributed by atoms with Crippen LogP contribution in [0.25, 0.3) is 0 Å². The Morgan fingerprint density at radius 3 is 2.44 bits per heavy atom. The maximum absolute atomic E-state index is 9.51. The molecule has 1 rings (SSSR count). The molecule has 0 heterocycles. The quantitative estimate of drug-likeness (QED) is 0.893. The maximum atomic E-state index is 9.51. The zero-order valence-corrected chi connectivity index (χ0v) is 11.4. The normalized spacial score (nSPS) is 14.6. The Balaban J connectivity index is 2.97. The van der Waals surface area contributed by atoms with Gasteiger partial charge < -0.3 is 15.1 Å². The molecule has 0 aliphatic heterocycles. The van der Waals surface area contributed by atoms with E-state index in [2.05, 4.69) is 15.9 Å². The van der Waals surface area contributed by atoms with Gasteiger partial charge in [-0.3, -0.25) is 0 Å². The molecule has 0 aromatic heterocycles. The van der Waals surface area contributed by atoms with Crippen LogP contribution in [-0.2, 0) is 0 Å². The van der Waals surface area contributed by atoms with Crippen molar-refractivity contribution in [1.82, 2.24) is 0 Å². The molecule has 90 valence electrons. The first-order valence-electron chi connectivity index (χ1n) is 5.28. The predicted molar refractivity (Wildman–Crippen MR) is 69.7 cm³/mol. The fourth-order valence-electron chi connectivity index (χ4n) is 1.45. The summed E-state index contributed by atoms with van der Waals surface area (Å²) in [5, 5.41) is 18.6. The smallest absolute Gasteiger partial charge is 0.0772 e. The van der Waals surface area contributed by atoms with Crippen molar-refractivity contribution in [2.75, 3.05) is 18.6 Å². The van der Waals surface area contributed by atoms with E-state index in [4.69, 9.17) is 5.11 Å². The summed E-state index contributed by atoms with van der Waals surface area (Å²) in [5.41, 5.74) is 1.88. The summed E-state index contributed by atoms with van der Waals surface area (Å²) < 4.78 is 0.886. The number of nitrogens with zero attached hydrogens (tertiary/aromatic N) is 1. The van der Waals surface area contributed by atoms with Gasteiger partial charge in [0.1, 0.15) is 0 Å². The summed E-state index contributed by atoms with van der Waals surface area (Å²) >= 11 is 3.44. The van der Waals surface area contributed by atoms with Crippen LogP contribution in [0.1, 0.15) is 25.5 Å². The molecule has 3 nitrogen and oxygen atoms in total. The van der Waals surface area contributed by atoms with Crippen LogP contribution < -0.4 is 4.90 Å². The second kappa shape index (κ2) is 5.66. The molecule has 2 N–H and O–H groups in total. The largest absolute Gasteiger partial charge is 0.394 e. The lowest BCUT2D eigenvalue weighted by molar-refractivity contribution is 0.198. The molecule has 0 bridgehead atoms. The van der Waals surface area contributed by atoms with Gasteiger partial charge in [-0.1, -0.05) is 22.0 Å². The fraction of sp³-hybridized carbons (Fsp3) is 0.500. The fourth-order valence-corrected chi connectivity index (χ4v) is 2.15. The van der Waals surface area contributed by atoms with Crippen LogP contribution in [0.4, 0.5) is 5.69 Å². The molecule has 4 heteroatoms. The minimum absolute atomic E-state index is 0.0734. The lowest BCUT2D eigenvalue weighted by Crippen LogP contribution is -2.31. The number of anilines is 1. The lowest BCUT2D eigenvalue weighted by atomic mass is 10.1. The van der Waals surface area contributed by atoms with Crippen molar-refractivity contribution >= 4 is 21.6 Å². The van der Waals surface area contributed by atoms with E-state index in [-0.39, 0.29) is 12.6 Å². The third-order valence-electron chi connectivity index (χ3n) is 2.77. The number of aliphatic hydroxyl groups excluding tert-OH is 2. The first-order chi connectivity index (χ1) is 7.47. The SMILES string of the molecule is CC(CO)N(C)c1ccc([C@@H](C)O)c(Br)c1.